The molecule has 2 nitrogen and oxygen atoms in total. The van der Waals surface area contributed by atoms with Gasteiger partial charge in [-0.05, 0) is 76.2 Å². The number of aromatic nitrogens is 1. The molecule has 1 aliphatic carbocycles. The highest BCUT2D eigenvalue weighted by atomic mass is 15.2. The molecule has 0 bridgehead atoms. The highest BCUT2D eigenvalue weighted by molar-refractivity contribution is 5.95. The predicted molar refractivity (Wildman–Crippen MR) is 209 cm³/mol. The summed E-state index contributed by atoms with van der Waals surface area (Å²) in [6, 6.07) is 56.0. The highest BCUT2D eigenvalue weighted by Crippen LogP contribution is 2.55. The Morgan fingerprint density at radius 1 is 0.592 bits per heavy atom. The van der Waals surface area contributed by atoms with E-state index in [-0.39, 0.29) is 12.0 Å². The third kappa shape index (κ3) is 5.20. The smallest absolute Gasteiger partial charge is 0.0637 e. The normalized spacial score (nSPS) is 15.7. The molecule has 0 fully saturated rings. The molecule has 49 heavy (non-hydrogen) atoms. The number of hydrogen-bond donors (Lipinski definition) is 0. The monoisotopic (exact) mass is 634 g/mol. The van der Waals surface area contributed by atoms with Crippen LogP contribution in [0.4, 0.5) is 11.4 Å². The first-order valence-corrected chi connectivity index (χ1v) is 17.8. The van der Waals surface area contributed by atoms with E-state index in [0.717, 1.165) is 12.8 Å². The number of hydrogen-bond acceptors (Lipinski definition) is 1. The van der Waals surface area contributed by atoms with Gasteiger partial charge >= 0.3 is 0 Å². The van der Waals surface area contributed by atoms with Crippen molar-refractivity contribution in [2.45, 2.75) is 45.6 Å². The maximum atomic E-state index is 2.58. The Bertz CT molecular complexity index is 2270. The number of aryl methyl sites for hydroxylation is 1. The van der Waals surface area contributed by atoms with E-state index in [1.54, 1.807) is 0 Å². The van der Waals surface area contributed by atoms with Crippen molar-refractivity contribution in [1.29, 1.82) is 0 Å². The van der Waals surface area contributed by atoms with Crippen LogP contribution in [0.5, 0.6) is 0 Å². The molecule has 0 radical (unpaired) electrons. The van der Waals surface area contributed by atoms with E-state index in [1.165, 1.54) is 72.6 Å². The minimum absolute atomic E-state index is 0.164. The Morgan fingerprint density at radius 3 is 2.10 bits per heavy atom. The summed E-state index contributed by atoms with van der Waals surface area (Å²) in [5.74, 6) is 0.204. The molecule has 7 aromatic rings. The number of anilines is 2. The number of nitrogens with zero attached hydrogens (tertiary/aromatic N) is 2. The highest BCUT2D eigenvalue weighted by Gasteiger charge is 2.43. The zero-order valence-electron chi connectivity index (χ0n) is 28.6. The molecule has 2 heterocycles. The summed E-state index contributed by atoms with van der Waals surface area (Å²) in [7, 11) is 0. The van der Waals surface area contributed by atoms with Gasteiger partial charge in [-0.3, -0.25) is 0 Å². The van der Waals surface area contributed by atoms with Crippen LogP contribution in [0.25, 0.3) is 44.9 Å². The van der Waals surface area contributed by atoms with E-state index in [2.05, 4.69) is 180 Å². The van der Waals surface area contributed by atoms with Crippen LogP contribution in [0, 0.1) is 0 Å². The van der Waals surface area contributed by atoms with Gasteiger partial charge in [0.2, 0.25) is 0 Å². The largest absolute Gasteiger partial charge is 0.333 e. The van der Waals surface area contributed by atoms with E-state index in [1.807, 2.05) is 13.8 Å². The summed E-state index contributed by atoms with van der Waals surface area (Å²) in [5, 5.41) is 1.32. The van der Waals surface area contributed by atoms with Crippen LogP contribution in [-0.4, -0.2) is 10.6 Å². The summed E-state index contributed by atoms with van der Waals surface area (Å²) in [4.78, 5) is 2.58. The lowest BCUT2D eigenvalue weighted by molar-refractivity contribution is 0.726. The summed E-state index contributed by atoms with van der Waals surface area (Å²) in [6.07, 6.45) is 7.11. The Kier molecular flexibility index (Phi) is 8.23. The summed E-state index contributed by atoms with van der Waals surface area (Å²) in [6.45, 7) is 6.24. The minimum atomic E-state index is 0.164. The molecule has 0 saturated heterocycles. The average molecular weight is 635 g/mol. The van der Waals surface area contributed by atoms with Crippen molar-refractivity contribution in [3.8, 4) is 27.9 Å². The van der Waals surface area contributed by atoms with Crippen molar-refractivity contribution in [3.05, 3.63) is 180 Å². The first-order valence-electron chi connectivity index (χ1n) is 17.8. The number of para-hydroxylation sites is 3. The second-order valence-corrected chi connectivity index (χ2v) is 12.8. The SMILES string of the molecule is CC.CCCc1ccc(-c2cccc(-n3c4c(c5ccccc53)C3c5ccccc5N(c5ccccc5-c5ccccc5)C3C=C4)c2)cc1. The fourth-order valence-electron chi connectivity index (χ4n) is 8.04. The number of fused-ring (bicyclic) bond motifs is 7. The Balaban J connectivity index is 0.00000171. The zero-order chi connectivity index (χ0) is 33.3. The molecule has 0 spiro atoms. The van der Waals surface area contributed by atoms with Gasteiger partial charge < -0.3 is 9.47 Å². The van der Waals surface area contributed by atoms with Crippen molar-refractivity contribution in [2.75, 3.05) is 4.90 Å². The van der Waals surface area contributed by atoms with Crippen LogP contribution >= 0.6 is 0 Å². The van der Waals surface area contributed by atoms with Gasteiger partial charge in [-0.2, -0.15) is 0 Å². The fraction of sp³-hybridized carbons (Fsp3) is 0.149. The lowest BCUT2D eigenvalue weighted by Crippen LogP contribution is -2.31. The van der Waals surface area contributed by atoms with Gasteiger partial charge in [0.05, 0.1) is 17.3 Å². The Labute approximate surface area is 290 Å². The molecular weight excluding hydrogens is 593 g/mol. The predicted octanol–water partition coefficient (Wildman–Crippen LogP) is 12.6. The fourth-order valence-corrected chi connectivity index (χ4v) is 8.04. The summed E-state index contributed by atoms with van der Waals surface area (Å²) in [5.41, 5.74) is 15.4. The summed E-state index contributed by atoms with van der Waals surface area (Å²) >= 11 is 0. The van der Waals surface area contributed by atoms with Crippen molar-refractivity contribution in [1.82, 2.24) is 4.57 Å². The van der Waals surface area contributed by atoms with Crippen molar-refractivity contribution in [2.24, 2.45) is 0 Å². The molecule has 9 rings (SSSR count). The molecule has 2 unspecified atom stereocenters. The van der Waals surface area contributed by atoms with E-state index >= 15 is 0 Å². The van der Waals surface area contributed by atoms with E-state index in [9.17, 15) is 0 Å². The summed E-state index contributed by atoms with van der Waals surface area (Å²) < 4.78 is 2.48. The lowest BCUT2D eigenvalue weighted by atomic mass is 9.82. The molecule has 1 aliphatic heterocycles. The molecule has 6 aromatic carbocycles. The topological polar surface area (TPSA) is 8.17 Å². The van der Waals surface area contributed by atoms with Gasteiger partial charge in [-0.25, -0.2) is 0 Å². The third-order valence-electron chi connectivity index (χ3n) is 10.1. The standard InChI is InChI=1S/C45H36N2.C2H6/c1-2-13-31-24-26-32(27-25-31)34-16-12-17-35(30-34)46-40-22-10-7-19-37(40)44-42(46)28-29-43-45(44)38-20-8-11-23-41(38)47(43)39-21-9-6-18-36(39)33-14-4-3-5-15-33;1-2/h3-12,14-30,43,45H,2,13H2,1H3;1-2H3. The first-order chi connectivity index (χ1) is 24.3. The molecule has 0 N–H and O–H groups in total. The van der Waals surface area contributed by atoms with Crippen LogP contribution in [0.15, 0.2) is 158 Å². The molecule has 0 saturated carbocycles. The van der Waals surface area contributed by atoms with Crippen LogP contribution in [0.2, 0.25) is 0 Å². The van der Waals surface area contributed by atoms with Crippen LogP contribution < -0.4 is 4.90 Å². The van der Waals surface area contributed by atoms with Gasteiger partial charge in [0, 0.05) is 33.9 Å². The van der Waals surface area contributed by atoms with Crippen molar-refractivity contribution < 1.29 is 0 Å². The van der Waals surface area contributed by atoms with Gasteiger partial charge in [-0.15, -0.1) is 0 Å². The molecule has 2 atom stereocenters. The van der Waals surface area contributed by atoms with Gasteiger partial charge in [0.15, 0.2) is 0 Å². The van der Waals surface area contributed by atoms with Crippen molar-refractivity contribution >= 4 is 28.4 Å². The lowest BCUT2D eigenvalue weighted by Gasteiger charge is -2.32. The van der Waals surface area contributed by atoms with Crippen LogP contribution in [-0.2, 0) is 6.42 Å². The minimum Gasteiger partial charge on any atom is -0.333 e. The maximum absolute atomic E-state index is 2.58. The first kappa shape index (κ1) is 30.7. The second-order valence-electron chi connectivity index (χ2n) is 12.8. The zero-order valence-corrected chi connectivity index (χ0v) is 28.6. The van der Waals surface area contributed by atoms with E-state index in [0.29, 0.717) is 0 Å². The number of rotatable bonds is 6. The molecular formula is C47H42N2. The molecule has 1 aromatic heterocycles. The maximum Gasteiger partial charge on any atom is 0.0637 e. The molecule has 2 heteroatoms. The van der Waals surface area contributed by atoms with E-state index in [4.69, 9.17) is 0 Å². The Morgan fingerprint density at radius 2 is 1.29 bits per heavy atom. The quantitative estimate of drug-likeness (QED) is 0.177. The average Bonchev–Trinajstić information content (AvgIpc) is 3.69. The van der Waals surface area contributed by atoms with Gasteiger partial charge in [0.1, 0.15) is 0 Å². The van der Waals surface area contributed by atoms with Gasteiger partial charge in [0.25, 0.3) is 0 Å². The van der Waals surface area contributed by atoms with E-state index < -0.39 is 0 Å². The molecule has 240 valence electrons. The van der Waals surface area contributed by atoms with Crippen LogP contribution in [0.1, 0.15) is 55.5 Å². The molecule has 2 aliphatic rings. The second kappa shape index (κ2) is 13.1. The van der Waals surface area contributed by atoms with Crippen molar-refractivity contribution in [3.63, 3.8) is 0 Å². The van der Waals surface area contributed by atoms with Gasteiger partial charge in [-0.1, -0.05) is 155 Å². The molecule has 0 amide bonds. The Hall–Kier alpha value is -5.60. The third-order valence-corrected chi connectivity index (χ3v) is 10.1. The van der Waals surface area contributed by atoms with Crippen LogP contribution in [0.3, 0.4) is 0 Å². The number of benzene rings is 6.